The average molecular weight is 304 g/mol. The van der Waals surface area contributed by atoms with E-state index in [0.717, 1.165) is 36.9 Å². The molecule has 0 spiro atoms. The molecule has 1 saturated heterocycles. The van der Waals surface area contributed by atoms with Crippen molar-refractivity contribution in [2.45, 2.75) is 64.6 Å². The Labute approximate surface area is 133 Å². The number of aryl methyl sites for hydroxylation is 1. The molecule has 1 aliphatic rings. The third-order valence-electron chi connectivity index (χ3n) is 4.66. The number of aliphatic hydroxyl groups excluding tert-OH is 1. The Morgan fingerprint density at radius 3 is 2.68 bits per heavy atom. The fraction of sp³-hybridized carbons (Fsp3) is 0.611. The van der Waals surface area contributed by atoms with Crippen LogP contribution in [0.25, 0.3) is 0 Å². The van der Waals surface area contributed by atoms with Gasteiger partial charge in [0.1, 0.15) is 0 Å². The van der Waals surface area contributed by atoms with Crippen LogP contribution in [0.1, 0.15) is 45.6 Å². The van der Waals surface area contributed by atoms with E-state index in [4.69, 9.17) is 5.11 Å². The maximum Gasteiger partial charge on any atom is 0.241 e. The number of hydrogen-bond acceptors (Lipinski definition) is 3. The molecule has 3 atom stereocenters. The number of rotatable bonds is 6. The second kappa shape index (κ2) is 7.75. The molecule has 4 heteroatoms. The highest BCUT2D eigenvalue weighted by atomic mass is 16.2. The first-order valence-electron chi connectivity index (χ1n) is 8.31. The lowest BCUT2D eigenvalue weighted by Crippen LogP contribution is -2.46. The molecule has 0 aromatic heterocycles. The van der Waals surface area contributed by atoms with E-state index in [0.29, 0.717) is 12.1 Å². The van der Waals surface area contributed by atoms with Crippen LogP contribution in [-0.4, -0.2) is 40.6 Å². The molecule has 0 bridgehead atoms. The highest BCUT2D eigenvalue weighted by Crippen LogP contribution is 2.26. The van der Waals surface area contributed by atoms with E-state index < -0.39 is 0 Å². The maximum absolute atomic E-state index is 12.5. The zero-order valence-electron chi connectivity index (χ0n) is 13.9. The number of nitrogens with zero attached hydrogens (tertiary/aromatic N) is 1. The van der Waals surface area contributed by atoms with Gasteiger partial charge in [0.25, 0.3) is 0 Å². The van der Waals surface area contributed by atoms with E-state index in [1.807, 2.05) is 31.2 Å². The van der Waals surface area contributed by atoms with Crippen LogP contribution in [0.5, 0.6) is 0 Å². The predicted molar refractivity (Wildman–Crippen MR) is 89.9 cm³/mol. The number of anilines is 1. The van der Waals surface area contributed by atoms with Crippen molar-refractivity contribution >= 4 is 11.6 Å². The summed E-state index contributed by atoms with van der Waals surface area (Å²) in [7, 11) is 0. The Kier molecular flexibility index (Phi) is 5.98. The van der Waals surface area contributed by atoms with Gasteiger partial charge in [-0.05, 0) is 64.2 Å². The molecule has 122 valence electrons. The Bertz CT molecular complexity index is 494. The normalized spacial score (nSPS) is 23.5. The highest BCUT2D eigenvalue weighted by Gasteiger charge is 2.34. The quantitative estimate of drug-likeness (QED) is 0.849. The van der Waals surface area contributed by atoms with Crippen molar-refractivity contribution in [3.05, 3.63) is 29.8 Å². The molecule has 2 N–H and O–H groups in total. The van der Waals surface area contributed by atoms with Gasteiger partial charge in [0.2, 0.25) is 5.91 Å². The van der Waals surface area contributed by atoms with Crippen LogP contribution in [-0.2, 0) is 11.2 Å². The smallest absolute Gasteiger partial charge is 0.241 e. The van der Waals surface area contributed by atoms with Gasteiger partial charge in [-0.1, -0.05) is 12.1 Å². The Morgan fingerprint density at radius 2 is 2.05 bits per heavy atom. The summed E-state index contributed by atoms with van der Waals surface area (Å²) in [5.74, 6) is 0.0555. The predicted octanol–water partition coefficient (Wildman–Crippen LogP) is 2.81. The highest BCUT2D eigenvalue weighted by molar-refractivity contribution is 5.94. The molecular formula is C18H28N2O2. The van der Waals surface area contributed by atoms with E-state index in [9.17, 15) is 4.79 Å². The largest absolute Gasteiger partial charge is 0.396 e. The Morgan fingerprint density at radius 1 is 1.36 bits per heavy atom. The van der Waals surface area contributed by atoms with Crippen molar-refractivity contribution in [1.82, 2.24) is 4.90 Å². The third-order valence-corrected chi connectivity index (χ3v) is 4.66. The van der Waals surface area contributed by atoms with Crippen LogP contribution in [0.15, 0.2) is 24.3 Å². The number of hydrogen-bond donors (Lipinski definition) is 2. The Balaban J connectivity index is 1.99. The van der Waals surface area contributed by atoms with Crippen molar-refractivity contribution in [2.24, 2.45) is 0 Å². The first-order valence-corrected chi connectivity index (χ1v) is 8.31. The van der Waals surface area contributed by atoms with Gasteiger partial charge in [0.05, 0.1) is 6.04 Å². The van der Waals surface area contributed by atoms with E-state index in [1.165, 1.54) is 0 Å². The molecule has 1 amide bonds. The van der Waals surface area contributed by atoms with Crippen LogP contribution in [0.2, 0.25) is 0 Å². The minimum Gasteiger partial charge on any atom is -0.396 e. The SMILES string of the molecule is C[C@@H]1CC[C@H](C)N1[C@H](C)C(=O)Nc1cccc(CCCO)c1. The summed E-state index contributed by atoms with van der Waals surface area (Å²) in [5, 5.41) is 11.9. The summed E-state index contributed by atoms with van der Waals surface area (Å²) in [6.07, 6.45) is 3.90. The van der Waals surface area contributed by atoms with Gasteiger partial charge in [-0.15, -0.1) is 0 Å². The third kappa shape index (κ3) is 4.08. The summed E-state index contributed by atoms with van der Waals surface area (Å²) >= 11 is 0. The van der Waals surface area contributed by atoms with Gasteiger partial charge in [0, 0.05) is 24.4 Å². The van der Waals surface area contributed by atoms with E-state index in [-0.39, 0.29) is 18.6 Å². The average Bonchev–Trinajstić information content (AvgIpc) is 2.84. The first kappa shape index (κ1) is 17.0. The zero-order chi connectivity index (χ0) is 16.1. The second-order valence-electron chi connectivity index (χ2n) is 6.42. The molecule has 1 fully saturated rings. The monoisotopic (exact) mass is 304 g/mol. The van der Waals surface area contributed by atoms with Gasteiger partial charge in [-0.25, -0.2) is 0 Å². The molecular weight excluding hydrogens is 276 g/mol. The van der Waals surface area contributed by atoms with Gasteiger partial charge >= 0.3 is 0 Å². The fourth-order valence-corrected chi connectivity index (χ4v) is 3.45. The minimum absolute atomic E-state index is 0.0555. The van der Waals surface area contributed by atoms with Gasteiger partial charge in [-0.2, -0.15) is 0 Å². The van der Waals surface area contributed by atoms with Crippen molar-refractivity contribution in [2.75, 3.05) is 11.9 Å². The summed E-state index contributed by atoms with van der Waals surface area (Å²) in [5.41, 5.74) is 1.98. The molecule has 1 aromatic rings. The van der Waals surface area contributed by atoms with Crippen molar-refractivity contribution in [3.63, 3.8) is 0 Å². The molecule has 4 nitrogen and oxygen atoms in total. The number of amides is 1. The van der Waals surface area contributed by atoms with E-state index in [1.54, 1.807) is 0 Å². The molecule has 1 aliphatic heterocycles. The summed E-state index contributed by atoms with van der Waals surface area (Å²) in [6.45, 7) is 6.58. The molecule has 0 radical (unpaired) electrons. The molecule has 1 heterocycles. The molecule has 1 aromatic carbocycles. The number of likely N-dealkylation sites (tertiary alicyclic amines) is 1. The standard InChI is InChI=1S/C18H28N2O2/c1-13-9-10-14(2)20(13)15(3)18(22)19-17-8-4-6-16(12-17)7-5-11-21/h4,6,8,12-15,21H,5,7,9-11H2,1-3H3,(H,19,22)/t13-,14+,15-/m1/s1. The number of benzene rings is 1. The van der Waals surface area contributed by atoms with Crippen molar-refractivity contribution in [3.8, 4) is 0 Å². The minimum atomic E-state index is -0.117. The van der Waals surface area contributed by atoms with E-state index in [2.05, 4.69) is 24.1 Å². The number of carbonyl (C=O) groups is 1. The van der Waals surface area contributed by atoms with Crippen LogP contribution in [0.4, 0.5) is 5.69 Å². The maximum atomic E-state index is 12.5. The number of nitrogens with one attached hydrogen (secondary N) is 1. The van der Waals surface area contributed by atoms with Crippen LogP contribution in [0, 0.1) is 0 Å². The molecule has 0 unspecified atom stereocenters. The lowest BCUT2D eigenvalue weighted by molar-refractivity contribution is -0.121. The van der Waals surface area contributed by atoms with Crippen molar-refractivity contribution < 1.29 is 9.90 Å². The lowest BCUT2D eigenvalue weighted by Gasteiger charge is -2.31. The number of carbonyl (C=O) groups excluding carboxylic acids is 1. The Hall–Kier alpha value is -1.39. The van der Waals surface area contributed by atoms with Gasteiger partial charge in [0.15, 0.2) is 0 Å². The van der Waals surface area contributed by atoms with Crippen LogP contribution >= 0.6 is 0 Å². The molecule has 2 rings (SSSR count). The molecule has 22 heavy (non-hydrogen) atoms. The summed E-state index contributed by atoms with van der Waals surface area (Å²) in [6, 6.07) is 8.71. The topological polar surface area (TPSA) is 52.6 Å². The lowest BCUT2D eigenvalue weighted by atomic mass is 10.1. The fourth-order valence-electron chi connectivity index (χ4n) is 3.45. The number of aliphatic hydroxyl groups is 1. The van der Waals surface area contributed by atoms with Crippen LogP contribution in [0.3, 0.4) is 0 Å². The zero-order valence-corrected chi connectivity index (χ0v) is 13.9. The molecule has 0 saturated carbocycles. The summed E-state index contributed by atoms with van der Waals surface area (Å²) in [4.78, 5) is 14.8. The van der Waals surface area contributed by atoms with Crippen LogP contribution < -0.4 is 5.32 Å². The second-order valence-corrected chi connectivity index (χ2v) is 6.42. The first-order chi connectivity index (χ1) is 10.5. The van der Waals surface area contributed by atoms with Gasteiger partial charge < -0.3 is 10.4 Å². The van der Waals surface area contributed by atoms with Crippen molar-refractivity contribution in [1.29, 1.82) is 0 Å². The molecule has 0 aliphatic carbocycles. The van der Waals surface area contributed by atoms with E-state index >= 15 is 0 Å². The summed E-state index contributed by atoms with van der Waals surface area (Å²) < 4.78 is 0. The van der Waals surface area contributed by atoms with Gasteiger partial charge in [-0.3, -0.25) is 9.69 Å².